The number of anilines is 1. The monoisotopic (exact) mass is 385 g/mol. The summed E-state index contributed by atoms with van der Waals surface area (Å²) in [4.78, 5) is 36.9. The number of hydrogen-bond donors (Lipinski definition) is 1. The molecule has 2 aromatic carbocycles. The summed E-state index contributed by atoms with van der Waals surface area (Å²) in [6.07, 6.45) is 0.674. The van der Waals surface area contributed by atoms with E-state index < -0.39 is 10.8 Å². The number of amides is 2. The summed E-state index contributed by atoms with van der Waals surface area (Å²) in [5.41, 5.74) is 1.59. The van der Waals surface area contributed by atoms with Gasteiger partial charge in [-0.2, -0.15) is 0 Å². The zero-order valence-corrected chi connectivity index (χ0v) is 15.4. The van der Waals surface area contributed by atoms with Gasteiger partial charge in [-0.1, -0.05) is 18.2 Å². The van der Waals surface area contributed by atoms with Crippen LogP contribution in [0.4, 0.5) is 15.8 Å². The molecule has 1 aliphatic heterocycles. The number of nitrogens with zero attached hydrogens (tertiary/aromatic N) is 2. The lowest BCUT2D eigenvalue weighted by molar-refractivity contribution is -0.385. The van der Waals surface area contributed by atoms with Crippen LogP contribution in [0, 0.1) is 28.8 Å². The first-order chi connectivity index (χ1) is 13.3. The molecule has 7 nitrogen and oxygen atoms in total. The van der Waals surface area contributed by atoms with E-state index in [4.69, 9.17) is 0 Å². The minimum absolute atomic E-state index is 0.0683. The molecule has 1 atom stereocenters. The summed E-state index contributed by atoms with van der Waals surface area (Å²) < 4.78 is 13.0. The molecular weight excluding hydrogens is 365 g/mol. The van der Waals surface area contributed by atoms with Gasteiger partial charge in [-0.15, -0.1) is 0 Å². The van der Waals surface area contributed by atoms with E-state index in [0.29, 0.717) is 30.8 Å². The molecule has 0 aromatic heterocycles. The molecule has 2 amide bonds. The number of carbonyl (C=O) groups is 2. The maximum absolute atomic E-state index is 13.0. The molecule has 2 aromatic rings. The van der Waals surface area contributed by atoms with Crippen molar-refractivity contribution in [3.8, 4) is 0 Å². The summed E-state index contributed by atoms with van der Waals surface area (Å²) >= 11 is 0. The van der Waals surface area contributed by atoms with Crippen molar-refractivity contribution in [1.82, 2.24) is 4.90 Å². The number of carbonyl (C=O) groups excluding carboxylic acids is 2. The molecule has 28 heavy (non-hydrogen) atoms. The van der Waals surface area contributed by atoms with Crippen LogP contribution in [-0.2, 0) is 16.0 Å². The van der Waals surface area contributed by atoms with Crippen LogP contribution in [-0.4, -0.2) is 34.7 Å². The lowest BCUT2D eigenvalue weighted by Gasteiger charge is -2.17. The molecule has 3 rings (SSSR count). The van der Waals surface area contributed by atoms with E-state index in [1.54, 1.807) is 30.0 Å². The van der Waals surface area contributed by atoms with E-state index in [9.17, 15) is 24.1 Å². The molecule has 1 heterocycles. The summed E-state index contributed by atoms with van der Waals surface area (Å²) in [7, 11) is 0. The Bertz CT molecular complexity index is 914. The van der Waals surface area contributed by atoms with Gasteiger partial charge in [-0.05, 0) is 37.1 Å². The molecule has 0 saturated carbocycles. The third-order valence-electron chi connectivity index (χ3n) is 4.93. The molecule has 1 N–H and O–H groups in total. The Labute approximate surface area is 161 Å². The van der Waals surface area contributed by atoms with E-state index in [1.165, 1.54) is 24.3 Å². The minimum atomic E-state index is -0.514. The Morgan fingerprint density at radius 2 is 2.00 bits per heavy atom. The largest absolute Gasteiger partial charge is 0.342 e. The number of benzene rings is 2. The van der Waals surface area contributed by atoms with Crippen molar-refractivity contribution in [1.29, 1.82) is 0 Å². The SMILES string of the molecule is Cc1c(NC(=O)[C@H]2CC(=O)N(CCc3ccc(F)cc3)C2)cccc1[N+](=O)[O-]. The maximum atomic E-state index is 13.0. The van der Waals surface area contributed by atoms with Crippen molar-refractivity contribution < 1.29 is 18.9 Å². The van der Waals surface area contributed by atoms with Gasteiger partial charge < -0.3 is 10.2 Å². The fraction of sp³-hybridized carbons (Fsp3) is 0.300. The van der Waals surface area contributed by atoms with E-state index in [-0.39, 0.29) is 29.7 Å². The van der Waals surface area contributed by atoms with Crippen molar-refractivity contribution in [2.75, 3.05) is 18.4 Å². The van der Waals surface area contributed by atoms with Crippen LogP contribution in [0.2, 0.25) is 0 Å². The number of nitrogens with one attached hydrogen (secondary N) is 1. The Kier molecular flexibility index (Phi) is 5.67. The molecule has 0 unspecified atom stereocenters. The second-order valence-electron chi connectivity index (χ2n) is 6.81. The van der Waals surface area contributed by atoms with Gasteiger partial charge in [0.1, 0.15) is 5.82 Å². The van der Waals surface area contributed by atoms with Gasteiger partial charge in [0.15, 0.2) is 0 Å². The van der Waals surface area contributed by atoms with Crippen molar-refractivity contribution in [2.45, 2.75) is 19.8 Å². The third-order valence-corrected chi connectivity index (χ3v) is 4.93. The quantitative estimate of drug-likeness (QED) is 0.611. The molecular formula is C20H20FN3O4. The molecule has 1 fully saturated rings. The summed E-state index contributed by atoms with van der Waals surface area (Å²) in [5.74, 6) is -1.27. The zero-order valence-electron chi connectivity index (χ0n) is 15.4. The Balaban J connectivity index is 1.60. The Hall–Kier alpha value is -3.29. The maximum Gasteiger partial charge on any atom is 0.274 e. The first kappa shape index (κ1) is 19.5. The predicted octanol–water partition coefficient (Wildman–Crippen LogP) is 3.07. The molecule has 0 spiro atoms. The van der Waals surface area contributed by atoms with Crippen molar-refractivity contribution in [3.63, 3.8) is 0 Å². The summed E-state index contributed by atoms with van der Waals surface area (Å²) in [6.45, 7) is 2.31. The van der Waals surface area contributed by atoms with Crippen LogP contribution in [0.1, 0.15) is 17.5 Å². The van der Waals surface area contributed by atoms with E-state index in [2.05, 4.69) is 5.32 Å². The number of likely N-dealkylation sites (tertiary alicyclic amines) is 1. The van der Waals surface area contributed by atoms with Gasteiger partial charge >= 0.3 is 0 Å². The van der Waals surface area contributed by atoms with Crippen LogP contribution in [0.25, 0.3) is 0 Å². The van der Waals surface area contributed by atoms with Crippen LogP contribution >= 0.6 is 0 Å². The zero-order chi connectivity index (χ0) is 20.3. The lowest BCUT2D eigenvalue weighted by Crippen LogP contribution is -2.30. The van der Waals surface area contributed by atoms with E-state index >= 15 is 0 Å². The predicted molar refractivity (Wildman–Crippen MR) is 101 cm³/mol. The number of hydrogen-bond acceptors (Lipinski definition) is 4. The van der Waals surface area contributed by atoms with Gasteiger partial charge in [0, 0.05) is 25.6 Å². The first-order valence-electron chi connectivity index (χ1n) is 8.92. The van der Waals surface area contributed by atoms with Crippen LogP contribution < -0.4 is 5.32 Å². The van der Waals surface area contributed by atoms with Crippen molar-refractivity contribution >= 4 is 23.2 Å². The van der Waals surface area contributed by atoms with Crippen LogP contribution in [0.5, 0.6) is 0 Å². The summed E-state index contributed by atoms with van der Waals surface area (Å²) in [5, 5.41) is 13.7. The van der Waals surface area contributed by atoms with Crippen molar-refractivity contribution in [2.24, 2.45) is 5.92 Å². The van der Waals surface area contributed by atoms with Gasteiger partial charge in [-0.3, -0.25) is 19.7 Å². The molecule has 0 aliphatic carbocycles. The van der Waals surface area contributed by atoms with Crippen LogP contribution in [0.15, 0.2) is 42.5 Å². The third kappa shape index (κ3) is 4.33. The second kappa shape index (κ2) is 8.16. The van der Waals surface area contributed by atoms with Crippen molar-refractivity contribution in [3.05, 3.63) is 69.5 Å². The average Bonchev–Trinajstić information content (AvgIpc) is 3.03. The van der Waals surface area contributed by atoms with Gasteiger partial charge in [0.2, 0.25) is 11.8 Å². The molecule has 0 radical (unpaired) electrons. The fourth-order valence-electron chi connectivity index (χ4n) is 3.27. The normalized spacial score (nSPS) is 16.3. The molecule has 8 heteroatoms. The second-order valence-corrected chi connectivity index (χ2v) is 6.81. The average molecular weight is 385 g/mol. The lowest BCUT2D eigenvalue weighted by atomic mass is 10.1. The van der Waals surface area contributed by atoms with Gasteiger partial charge in [-0.25, -0.2) is 4.39 Å². The minimum Gasteiger partial charge on any atom is -0.342 e. The van der Waals surface area contributed by atoms with Gasteiger partial charge in [0.25, 0.3) is 5.69 Å². The molecule has 1 saturated heterocycles. The van der Waals surface area contributed by atoms with Crippen LogP contribution in [0.3, 0.4) is 0 Å². The standard InChI is InChI=1S/C20H20FN3O4/c1-13-17(3-2-4-18(13)24(27)28)22-20(26)15-11-19(25)23(12-15)10-9-14-5-7-16(21)8-6-14/h2-8,15H,9-12H2,1H3,(H,22,26)/t15-/m0/s1. The topological polar surface area (TPSA) is 92.6 Å². The first-order valence-corrected chi connectivity index (χ1v) is 8.92. The summed E-state index contributed by atoms with van der Waals surface area (Å²) in [6, 6.07) is 10.6. The fourth-order valence-corrected chi connectivity index (χ4v) is 3.27. The molecule has 146 valence electrons. The Morgan fingerprint density at radius 1 is 1.29 bits per heavy atom. The van der Waals surface area contributed by atoms with E-state index in [1.807, 2.05) is 0 Å². The molecule has 1 aliphatic rings. The number of nitro benzene ring substituents is 1. The number of halogens is 1. The highest BCUT2D eigenvalue weighted by Gasteiger charge is 2.34. The highest BCUT2D eigenvalue weighted by atomic mass is 19.1. The Morgan fingerprint density at radius 3 is 2.68 bits per heavy atom. The number of nitro groups is 1. The van der Waals surface area contributed by atoms with E-state index in [0.717, 1.165) is 5.56 Å². The smallest absolute Gasteiger partial charge is 0.274 e. The molecule has 0 bridgehead atoms. The highest BCUT2D eigenvalue weighted by molar-refractivity contribution is 5.98. The van der Waals surface area contributed by atoms with Gasteiger partial charge in [0.05, 0.1) is 22.1 Å². The number of rotatable bonds is 6. The highest BCUT2D eigenvalue weighted by Crippen LogP contribution is 2.27.